The molecule has 3 aromatic rings. The van der Waals surface area contributed by atoms with Crippen molar-refractivity contribution in [3.8, 4) is 11.8 Å². The molecule has 0 saturated carbocycles. The summed E-state index contributed by atoms with van der Waals surface area (Å²) in [7, 11) is 0. The smallest absolute Gasteiger partial charge is 0.266 e. The van der Waals surface area contributed by atoms with Gasteiger partial charge in [-0.25, -0.2) is 0 Å². The molecule has 0 unspecified atom stereocenters. The number of halogens is 1. The molecule has 0 atom stereocenters. The Bertz CT molecular complexity index is 1090. The highest BCUT2D eigenvalue weighted by atomic mass is 35.5. The molecule has 150 valence electrons. The van der Waals surface area contributed by atoms with Crippen LogP contribution in [0, 0.1) is 25.2 Å². The summed E-state index contributed by atoms with van der Waals surface area (Å²) in [6, 6.07) is 22.3. The first-order valence-corrected chi connectivity index (χ1v) is 9.81. The summed E-state index contributed by atoms with van der Waals surface area (Å²) in [6.07, 6.45) is 1.58. The van der Waals surface area contributed by atoms with E-state index in [9.17, 15) is 10.1 Å². The van der Waals surface area contributed by atoms with E-state index in [4.69, 9.17) is 16.3 Å². The van der Waals surface area contributed by atoms with E-state index < -0.39 is 5.91 Å². The van der Waals surface area contributed by atoms with Crippen molar-refractivity contribution in [2.24, 2.45) is 0 Å². The second kappa shape index (κ2) is 9.78. The zero-order valence-electron chi connectivity index (χ0n) is 16.8. The standard InChI is InChI=1S/C25H21ClN2O2/c1-17-12-20(14-21(15-27)25(29)28-23-6-4-3-5-7-23)13-18(2)24(17)30-16-19-8-10-22(26)11-9-19/h3-14H,16H2,1-2H3,(H,28,29)/b21-14+. The van der Waals surface area contributed by atoms with E-state index >= 15 is 0 Å². The van der Waals surface area contributed by atoms with Gasteiger partial charge in [0.05, 0.1) is 0 Å². The van der Waals surface area contributed by atoms with E-state index in [1.807, 2.05) is 74.5 Å². The molecule has 5 heteroatoms. The number of nitrogens with zero attached hydrogens (tertiary/aromatic N) is 1. The molecule has 1 amide bonds. The molecular formula is C25H21ClN2O2. The van der Waals surface area contributed by atoms with Crippen LogP contribution >= 0.6 is 11.6 Å². The van der Waals surface area contributed by atoms with Crippen LogP contribution in [-0.4, -0.2) is 5.91 Å². The predicted molar refractivity (Wildman–Crippen MR) is 120 cm³/mol. The highest BCUT2D eigenvalue weighted by Crippen LogP contribution is 2.27. The Balaban J connectivity index is 1.76. The van der Waals surface area contributed by atoms with Crippen molar-refractivity contribution in [2.45, 2.75) is 20.5 Å². The first kappa shape index (κ1) is 21.2. The number of hydrogen-bond acceptors (Lipinski definition) is 3. The van der Waals surface area contributed by atoms with Gasteiger partial charge in [0.25, 0.3) is 5.91 Å². The fourth-order valence-corrected chi connectivity index (χ4v) is 3.19. The fourth-order valence-electron chi connectivity index (χ4n) is 3.07. The van der Waals surface area contributed by atoms with E-state index in [0.717, 1.165) is 28.0 Å². The summed E-state index contributed by atoms with van der Waals surface area (Å²) >= 11 is 5.92. The van der Waals surface area contributed by atoms with Gasteiger partial charge < -0.3 is 10.1 Å². The van der Waals surface area contributed by atoms with Crippen LogP contribution in [0.2, 0.25) is 5.02 Å². The van der Waals surface area contributed by atoms with E-state index in [-0.39, 0.29) is 5.57 Å². The Kier molecular flexibility index (Phi) is 6.90. The molecule has 1 N–H and O–H groups in total. The van der Waals surface area contributed by atoms with Crippen molar-refractivity contribution in [1.82, 2.24) is 0 Å². The van der Waals surface area contributed by atoms with Crippen LogP contribution in [0.25, 0.3) is 6.08 Å². The predicted octanol–water partition coefficient (Wildman–Crippen LogP) is 6.08. The molecule has 0 aliphatic rings. The molecule has 3 aromatic carbocycles. The number of nitriles is 1. The molecule has 0 saturated heterocycles. The average molecular weight is 417 g/mol. The number of amides is 1. The zero-order chi connectivity index (χ0) is 21.5. The molecule has 0 bridgehead atoms. The number of benzene rings is 3. The number of carbonyl (C=O) groups excluding carboxylic acids is 1. The lowest BCUT2D eigenvalue weighted by Crippen LogP contribution is -2.13. The third-order valence-corrected chi connectivity index (χ3v) is 4.74. The lowest BCUT2D eigenvalue weighted by molar-refractivity contribution is -0.112. The lowest BCUT2D eigenvalue weighted by atomic mass is 10.0. The van der Waals surface area contributed by atoms with E-state index in [1.54, 1.807) is 18.2 Å². The van der Waals surface area contributed by atoms with Crippen LogP contribution in [0.3, 0.4) is 0 Å². The summed E-state index contributed by atoms with van der Waals surface area (Å²) < 4.78 is 6.00. The van der Waals surface area contributed by atoms with Gasteiger partial charge in [0.15, 0.2) is 0 Å². The van der Waals surface area contributed by atoms with Gasteiger partial charge in [0.1, 0.15) is 24.0 Å². The maximum atomic E-state index is 12.4. The molecular weight excluding hydrogens is 396 g/mol. The van der Waals surface area contributed by atoms with Crippen LogP contribution in [0.5, 0.6) is 5.75 Å². The Hall–Kier alpha value is -3.55. The van der Waals surface area contributed by atoms with Crippen LogP contribution in [0.4, 0.5) is 5.69 Å². The molecule has 0 heterocycles. The Morgan fingerprint density at radius 1 is 1.07 bits per heavy atom. The zero-order valence-corrected chi connectivity index (χ0v) is 17.5. The van der Waals surface area contributed by atoms with Gasteiger partial charge in [-0.2, -0.15) is 5.26 Å². The summed E-state index contributed by atoms with van der Waals surface area (Å²) in [6.45, 7) is 4.31. The molecule has 3 rings (SSSR count). The molecule has 0 aliphatic heterocycles. The topological polar surface area (TPSA) is 62.1 Å². The van der Waals surface area contributed by atoms with Crippen LogP contribution in [-0.2, 0) is 11.4 Å². The van der Waals surface area contributed by atoms with Crippen molar-refractivity contribution in [3.05, 3.63) is 99.6 Å². The Morgan fingerprint density at radius 3 is 2.30 bits per heavy atom. The van der Waals surface area contributed by atoms with Crippen molar-refractivity contribution in [1.29, 1.82) is 5.26 Å². The lowest BCUT2D eigenvalue weighted by Gasteiger charge is -2.13. The van der Waals surface area contributed by atoms with Crippen LogP contribution in [0.15, 0.2) is 72.3 Å². The number of aryl methyl sites for hydroxylation is 2. The molecule has 0 fully saturated rings. The minimum atomic E-state index is -0.443. The average Bonchev–Trinajstić information content (AvgIpc) is 2.73. The van der Waals surface area contributed by atoms with Crippen LogP contribution < -0.4 is 10.1 Å². The Labute approximate surface area is 181 Å². The van der Waals surface area contributed by atoms with Gasteiger partial charge in [-0.05, 0) is 78.6 Å². The first-order valence-electron chi connectivity index (χ1n) is 9.43. The third kappa shape index (κ3) is 5.50. The Morgan fingerprint density at radius 2 is 1.70 bits per heavy atom. The number of rotatable bonds is 6. The number of nitrogens with one attached hydrogen (secondary N) is 1. The number of ether oxygens (including phenoxy) is 1. The van der Waals surface area contributed by atoms with Gasteiger partial charge in [-0.1, -0.05) is 41.9 Å². The highest BCUT2D eigenvalue weighted by Gasteiger charge is 2.11. The quantitative estimate of drug-likeness (QED) is 0.391. The molecule has 30 heavy (non-hydrogen) atoms. The summed E-state index contributed by atoms with van der Waals surface area (Å²) in [4.78, 5) is 12.4. The number of hydrogen-bond donors (Lipinski definition) is 1. The maximum Gasteiger partial charge on any atom is 0.266 e. The SMILES string of the molecule is Cc1cc(/C=C(\C#N)C(=O)Nc2ccccc2)cc(C)c1OCc1ccc(Cl)cc1. The number of para-hydroxylation sites is 1. The molecule has 0 spiro atoms. The van der Waals surface area contributed by atoms with Crippen molar-refractivity contribution in [3.63, 3.8) is 0 Å². The van der Waals surface area contributed by atoms with E-state index in [1.165, 1.54) is 0 Å². The second-order valence-electron chi connectivity index (χ2n) is 6.89. The van der Waals surface area contributed by atoms with Gasteiger partial charge in [0.2, 0.25) is 0 Å². The minimum absolute atomic E-state index is 0.0347. The largest absolute Gasteiger partial charge is 0.488 e. The summed E-state index contributed by atoms with van der Waals surface area (Å²) in [5, 5.41) is 12.9. The van der Waals surface area contributed by atoms with Crippen molar-refractivity contribution in [2.75, 3.05) is 5.32 Å². The van der Waals surface area contributed by atoms with Crippen molar-refractivity contribution < 1.29 is 9.53 Å². The highest BCUT2D eigenvalue weighted by molar-refractivity contribution is 6.30. The van der Waals surface area contributed by atoms with Gasteiger partial charge in [0, 0.05) is 10.7 Å². The van der Waals surface area contributed by atoms with Crippen molar-refractivity contribution >= 4 is 29.3 Å². The maximum absolute atomic E-state index is 12.4. The number of carbonyl (C=O) groups is 1. The molecule has 0 radical (unpaired) electrons. The van der Waals surface area contributed by atoms with Gasteiger partial charge >= 0.3 is 0 Å². The monoisotopic (exact) mass is 416 g/mol. The normalized spacial score (nSPS) is 10.9. The third-order valence-electron chi connectivity index (χ3n) is 4.49. The summed E-state index contributed by atoms with van der Waals surface area (Å²) in [5.74, 6) is 0.344. The van der Waals surface area contributed by atoms with Crippen LogP contribution in [0.1, 0.15) is 22.3 Å². The van der Waals surface area contributed by atoms with E-state index in [0.29, 0.717) is 17.3 Å². The summed E-state index contributed by atoms with van der Waals surface area (Å²) in [5.41, 5.74) is 4.32. The fraction of sp³-hybridized carbons (Fsp3) is 0.120. The van der Waals surface area contributed by atoms with E-state index in [2.05, 4.69) is 5.32 Å². The van der Waals surface area contributed by atoms with Gasteiger partial charge in [-0.15, -0.1) is 0 Å². The molecule has 4 nitrogen and oxygen atoms in total. The molecule has 0 aromatic heterocycles. The van der Waals surface area contributed by atoms with Gasteiger partial charge in [-0.3, -0.25) is 4.79 Å². The second-order valence-corrected chi connectivity index (χ2v) is 7.33. The minimum Gasteiger partial charge on any atom is -0.488 e. The molecule has 0 aliphatic carbocycles. The first-order chi connectivity index (χ1) is 14.5. The number of anilines is 1.